The van der Waals surface area contributed by atoms with Crippen LogP contribution in [0.25, 0.3) is 5.65 Å². The highest BCUT2D eigenvalue weighted by molar-refractivity contribution is 9.10. The fourth-order valence-electron chi connectivity index (χ4n) is 3.59. The smallest absolute Gasteiger partial charge is 0.169 e. The van der Waals surface area contributed by atoms with E-state index in [9.17, 15) is 0 Å². The Hall–Kier alpha value is -0.900. The molecule has 0 bridgehead atoms. The number of aryl methyl sites for hydroxylation is 1. The molecule has 4 heteroatoms. The zero-order chi connectivity index (χ0) is 11.5. The second-order valence-electron chi connectivity index (χ2n) is 5.36. The molecule has 2 heterocycles. The van der Waals surface area contributed by atoms with Crippen molar-refractivity contribution in [1.82, 2.24) is 14.6 Å². The molecule has 2 aliphatic rings. The fraction of sp³-hybridized carbons (Fsp3) is 0.538. The van der Waals surface area contributed by atoms with E-state index in [2.05, 4.69) is 27.2 Å². The number of rotatable bonds is 0. The van der Waals surface area contributed by atoms with Crippen molar-refractivity contribution in [2.24, 2.45) is 0 Å². The SMILES string of the molecule is Brc1cnn2cc3c(nc12)C1(CCCC1)CC3. The van der Waals surface area contributed by atoms with Gasteiger partial charge in [0.05, 0.1) is 16.4 Å². The highest BCUT2D eigenvalue weighted by atomic mass is 79.9. The van der Waals surface area contributed by atoms with Crippen LogP contribution in [0, 0.1) is 0 Å². The summed E-state index contributed by atoms with van der Waals surface area (Å²) in [7, 11) is 0. The van der Waals surface area contributed by atoms with Crippen LogP contribution in [-0.4, -0.2) is 14.6 Å². The summed E-state index contributed by atoms with van der Waals surface area (Å²) < 4.78 is 2.90. The molecule has 1 fully saturated rings. The Morgan fingerprint density at radius 3 is 2.88 bits per heavy atom. The Kier molecular flexibility index (Phi) is 1.96. The van der Waals surface area contributed by atoms with Crippen LogP contribution in [0.3, 0.4) is 0 Å². The van der Waals surface area contributed by atoms with Gasteiger partial charge in [-0.25, -0.2) is 9.50 Å². The predicted octanol–water partition coefficient (Wildman–Crippen LogP) is 3.25. The minimum Gasteiger partial charge on any atom is -0.232 e. The molecule has 0 N–H and O–H groups in total. The van der Waals surface area contributed by atoms with Crippen molar-refractivity contribution >= 4 is 21.6 Å². The first-order valence-corrected chi connectivity index (χ1v) is 7.11. The maximum atomic E-state index is 4.90. The van der Waals surface area contributed by atoms with Crippen LogP contribution in [0.1, 0.15) is 43.4 Å². The topological polar surface area (TPSA) is 30.2 Å². The minimum absolute atomic E-state index is 0.404. The van der Waals surface area contributed by atoms with Gasteiger partial charge < -0.3 is 0 Å². The maximum absolute atomic E-state index is 4.90. The number of fused-ring (bicyclic) bond motifs is 3. The van der Waals surface area contributed by atoms with E-state index in [0.717, 1.165) is 10.1 Å². The Balaban J connectivity index is 1.98. The number of halogens is 1. The van der Waals surface area contributed by atoms with Crippen LogP contribution in [0.4, 0.5) is 0 Å². The lowest BCUT2D eigenvalue weighted by Crippen LogP contribution is -2.19. The Labute approximate surface area is 108 Å². The monoisotopic (exact) mass is 291 g/mol. The predicted molar refractivity (Wildman–Crippen MR) is 69.2 cm³/mol. The molecule has 2 aliphatic carbocycles. The lowest BCUT2D eigenvalue weighted by atomic mass is 9.83. The van der Waals surface area contributed by atoms with Gasteiger partial charge in [-0.1, -0.05) is 12.8 Å². The van der Waals surface area contributed by atoms with E-state index in [-0.39, 0.29) is 0 Å². The van der Waals surface area contributed by atoms with E-state index in [1.807, 2.05) is 10.7 Å². The molecule has 0 saturated heterocycles. The number of hydrogen-bond donors (Lipinski definition) is 0. The van der Waals surface area contributed by atoms with E-state index >= 15 is 0 Å². The van der Waals surface area contributed by atoms with Crippen LogP contribution < -0.4 is 0 Å². The molecule has 1 spiro atoms. The lowest BCUT2D eigenvalue weighted by molar-refractivity contribution is 0.429. The molecule has 0 amide bonds. The second kappa shape index (κ2) is 3.31. The summed E-state index contributed by atoms with van der Waals surface area (Å²) in [6.45, 7) is 0. The summed E-state index contributed by atoms with van der Waals surface area (Å²) >= 11 is 3.53. The average molecular weight is 292 g/mol. The molecular weight excluding hydrogens is 278 g/mol. The highest BCUT2D eigenvalue weighted by Crippen LogP contribution is 2.49. The van der Waals surface area contributed by atoms with E-state index in [4.69, 9.17) is 4.98 Å². The van der Waals surface area contributed by atoms with Gasteiger partial charge >= 0.3 is 0 Å². The molecule has 88 valence electrons. The first-order valence-electron chi connectivity index (χ1n) is 6.32. The molecule has 0 aliphatic heterocycles. The van der Waals surface area contributed by atoms with Gasteiger partial charge in [0.1, 0.15) is 0 Å². The Bertz CT molecular complexity index is 596. The van der Waals surface area contributed by atoms with Crippen molar-refractivity contribution in [2.45, 2.75) is 43.9 Å². The third-order valence-corrected chi connectivity index (χ3v) is 5.02. The first kappa shape index (κ1) is 10.1. The van der Waals surface area contributed by atoms with Crippen LogP contribution in [-0.2, 0) is 11.8 Å². The van der Waals surface area contributed by atoms with E-state index < -0.39 is 0 Å². The normalized spacial score (nSPS) is 21.5. The Morgan fingerprint density at radius 2 is 2.06 bits per heavy atom. The largest absolute Gasteiger partial charge is 0.232 e. The van der Waals surface area contributed by atoms with Crippen LogP contribution >= 0.6 is 15.9 Å². The third-order valence-electron chi connectivity index (χ3n) is 4.46. The minimum atomic E-state index is 0.404. The molecule has 4 rings (SSSR count). The molecule has 17 heavy (non-hydrogen) atoms. The highest BCUT2D eigenvalue weighted by Gasteiger charge is 2.42. The zero-order valence-electron chi connectivity index (χ0n) is 9.62. The van der Waals surface area contributed by atoms with Gasteiger partial charge in [-0.2, -0.15) is 5.10 Å². The summed E-state index contributed by atoms with van der Waals surface area (Å²) in [6, 6.07) is 0. The van der Waals surface area contributed by atoms with Crippen molar-refractivity contribution in [3.63, 3.8) is 0 Å². The summed E-state index contributed by atoms with van der Waals surface area (Å²) in [5.74, 6) is 0. The number of aromatic nitrogens is 3. The van der Waals surface area contributed by atoms with Crippen molar-refractivity contribution < 1.29 is 0 Å². The number of hydrogen-bond acceptors (Lipinski definition) is 2. The van der Waals surface area contributed by atoms with Crippen molar-refractivity contribution in [3.8, 4) is 0 Å². The quantitative estimate of drug-likeness (QED) is 0.746. The van der Waals surface area contributed by atoms with Crippen molar-refractivity contribution in [1.29, 1.82) is 0 Å². The van der Waals surface area contributed by atoms with E-state index in [0.29, 0.717) is 5.41 Å². The van der Waals surface area contributed by atoms with Gasteiger partial charge in [0, 0.05) is 11.6 Å². The first-order chi connectivity index (χ1) is 8.28. The molecule has 0 radical (unpaired) electrons. The standard InChI is InChI=1S/C13H14BrN3/c14-10-7-15-17-8-9-3-6-13(4-1-2-5-13)11(9)16-12(10)17/h7-8H,1-6H2. The molecule has 3 nitrogen and oxygen atoms in total. The molecule has 2 aromatic rings. The fourth-order valence-corrected chi connectivity index (χ4v) is 3.96. The van der Waals surface area contributed by atoms with Gasteiger partial charge in [0.2, 0.25) is 0 Å². The molecule has 2 aromatic heterocycles. The third kappa shape index (κ3) is 1.27. The molecule has 0 atom stereocenters. The van der Waals surface area contributed by atoms with Gasteiger partial charge in [0.25, 0.3) is 0 Å². The van der Waals surface area contributed by atoms with Gasteiger partial charge in [0.15, 0.2) is 5.65 Å². The van der Waals surface area contributed by atoms with E-state index in [1.54, 1.807) is 0 Å². The van der Waals surface area contributed by atoms with Gasteiger partial charge in [-0.3, -0.25) is 0 Å². The van der Waals surface area contributed by atoms with Crippen LogP contribution in [0.5, 0.6) is 0 Å². The second-order valence-corrected chi connectivity index (χ2v) is 6.22. The number of nitrogens with zero attached hydrogens (tertiary/aromatic N) is 3. The molecule has 0 unspecified atom stereocenters. The molecule has 0 aromatic carbocycles. The van der Waals surface area contributed by atoms with Gasteiger partial charge in [-0.15, -0.1) is 0 Å². The van der Waals surface area contributed by atoms with Crippen LogP contribution in [0.2, 0.25) is 0 Å². The van der Waals surface area contributed by atoms with Crippen molar-refractivity contribution in [2.75, 3.05) is 0 Å². The summed E-state index contributed by atoms with van der Waals surface area (Å²) in [6.07, 6.45) is 11.9. The molecular formula is C13H14BrN3. The molecule has 1 saturated carbocycles. The van der Waals surface area contributed by atoms with Crippen LogP contribution in [0.15, 0.2) is 16.9 Å². The average Bonchev–Trinajstić information content (AvgIpc) is 3.02. The maximum Gasteiger partial charge on any atom is 0.169 e. The lowest BCUT2D eigenvalue weighted by Gasteiger charge is -2.22. The Morgan fingerprint density at radius 1 is 1.24 bits per heavy atom. The van der Waals surface area contributed by atoms with E-state index in [1.165, 1.54) is 49.8 Å². The summed E-state index contributed by atoms with van der Waals surface area (Å²) in [4.78, 5) is 4.90. The summed E-state index contributed by atoms with van der Waals surface area (Å²) in [5, 5.41) is 4.32. The summed E-state index contributed by atoms with van der Waals surface area (Å²) in [5.41, 5.74) is 4.15. The van der Waals surface area contributed by atoms with Crippen molar-refractivity contribution in [3.05, 3.63) is 28.1 Å². The van der Waals surface area contributed by atoms with Gasteiger partial charge in [-0.05, 0) is 47.2 Å². The zero-order valence-corrected chi connectivity index (χ0v) is 11.2.